The zero-order valence-electron chi connectivity index (χ0n) is 17.1. The van der Waals surface area contributed by atoms with Gasteiger partial charge in [-0.25, -0.2) is 0 Å². The van der Waals surface area contributed by atoms with Crippen molar-refractivity contribution in [3.8, 4) is 5.75 Å². The Bertz CT molecular complexity index is 917. The lowest BCUT2D eigenvalue weighted by atomic mass is 9.78. The third kappa shape index (κ3) is 3.21. The minimum Gasteiger partial charge on any atom is -0.496 e. The van der Waals surface area contributed by atoms with E-state index in [1.807, 2.05) is 11.0 Å². The Labute approximate surface area is 172 Å². The monoisotopic (exact) mass is 392 g/mol. The molecule has 3 heterocycles. The molecule has 2 aromatic rings. The van der Waals surface area contributed by atoms with Gasteiger partial charge in [0.05, 0.1) is 19.3 Å². The zero-order valence-corrected chi connectivity index (χ0v) is 17.1. The molecule has 0 N–H and O–H groups in total. The van der Waals surface area contributed by atoms with Gasteiger partial charge in [0.25, 0.3) is 5.91 Å². The maximum absolute atomic E-state index is 13.1. The van der Waals surface area contributed by atoms with Crippen molar-refractivity contribution in [2.24, 2.45) is 0 Å². The number of benzene rings is 1. The first-order valence-electron chi connectivity index (χ1n) is 10.8. The lowest BCUT2D eigenvalue weighted by Crippen LogP contribution is -2.48. The fourth-order valence-corrected chi connectivity index (χ4v) is 5.25. The van der Waals surface area contributed by atoms with Gasteiger partial charge < -0.3 is 14.4 Å². The molecule has 29 heavy (non-hydrogen) atoms. The van der Waals surface area contributed by atoms with Crippen LogP contribution >= 0.6 is 0 Å². The highest BCUT2D eigenvalue weighted by atomic mass is 16.5. The molecule has 1 spiro atoms. The average molecular weight is 392 g/mol. The number of piperidine rings is 1. The van der Waals surface area contributed by atoms with Gasteiger partial charge in [0.1, 0.15) is 11.4 Å². The number of amides is 1. The van der Waals surface area contributed by atoms with Crippen molar-refractivity contribution in [2.75, 3.05) is 26.8 Å². The zero-order chi connectivity index (χ0) is 19.8. The van der Waals surface area contributed by atoms with Crippen LogP contribution in [-0.2, 0) is 29.6 Å². The van der Waals surface area contributed by atoms with Gasteiger partial charge in [-0.2, -0.15) is 0 Å². The van der Waals surface area contributed by atoms with Crippen molar-refractivity contribution in [3.63, 3.8) is 0 Å². The number of pyridine rings is 1. The number of aryl methyl sites for hydroxylation is 2. The number of ether oxygens (including phenoxy) is 2. The number of hydrogen-bond donors (Lipinski definition) is 0. The number of methoxy groups -OCH3 is 1. The summed E-state index contributed by atoms with van der Waals surface area (Å²) in [6, 6.07) is 8.33. The van der Waals surface area contributed by atoms with Crippen LogP contribution in [0, 0.1) is 0 Å². The van der Waals surface area contributed by atoms with Crippen molar-refractivity contribution in [1.82, 2.24) is 9.88 Å². The molecule has 0 atom stereocenters. The van der Waals surface area contributed by atoms with Crippen LogP contribution < -0.4 is 4.74 Å². The lowest BCUT2D eigenvalue weighted by molar-refractivity contribution is -0.0946. The summed E-state index contributed by atoms with van der Waals surface area (Å²) in [6.07, 6.45) is 8.74. The molecule has 5 heteroatoms. The molecule has 1 amide bonds. The first-order valence-corrected chi connectivity index (χ1v) is 10.8. The molecular weight excluding hydrogens is 364 g/mol. The molecule has 152 valence electrons. The fraction of sp³-hybridized carbons (Fsp3) is 0.500. The summed E-state index contributed by atoms with van der Waals surface area (Å²) in [5.41, 5.74) is 5.31. The Morgan fingerprint density at radius 1 is 1.14 bits per heavy atom. The minimum absolute atomic E-state index is 0.0942. The summed E-state index contributed by atoms with van der Waals surface area (Å²) in [5, 5.41) is 0. The average Bonchev–Trinajstić information content (AvgIpc) is 2.78. The molecule has 1 saturated heterocycles. The van der Waals surface area contributed by atoms with Gasteiger partial charge in [-0.15, -0.1) is 0 Å². The maximum atomic E-state index is 13.1. The van der Waals surface area contributed by atoms with E-state index in [1.165, 1.54) is 35.2 Å². The molecule has 0 bridgehead atoms. The van der Waals surface area contributed by atoms with Crippen LogP contribution in [0.5, 0.6) is 5.75 Å². The number of aromatic nitrogens is 1. The Morgan fingerprint density at radius 2 is 1.97 bits per heavy atom. The topological polar surface area (TPSA) is 51.7 Å². The van der Waals surface area contributed by atoms with Crippen LogP contribution in [0.15, 0.2) is 30.5 Å². The van der Waals surface area contributed by atoms with Crippen LogP contribution in [0.3, 0.4) is 0 Å². The molecule has 5 nitrogen and oxygen atoms in total. The number of rotatable bonds is 2. The van der Waals surface area contributed by atoms with Crippen molar-refractivity contribution in [1.29, 1.82) is 0 Å². The van der Waals surface area contributed by atoms with E-state index in [0.29, 0.717) is 13.1 Å². The quantitative estimate of drug-likeness (QED) is 0.782. The number of likely N-dealkylation sites (tertiary alicyclic amines) is 1. The highest BCUT2D eigenvalue weighted by Gasteiger charge is 2.43. The standard InChI is InChI=1S/C24H28N2O3/c1-28-21-8-4-6-17-9-14-29-24(22(17)21)10-12-26(13-11-24)23(27)19-15-18-5-2-3-7-20(18)25-16-19/h4,6,8,15-16H,2-3,5,7,9-14H2,1H3. The van der Waals surface area contributed by atoms with Gasteiger partial charge in [-0.3, -0.25) is 9.78 Å². The van der Waals surface area contributed by atoms with Gasteiger partial charge in [0.2, 0.25) is 0 Å². The molecule has 1 aliphatic carbocycles. The minimum atomic E-state index is -0.342. The predicted octanol–water partition coefficient (Wildman–Crippen LogP) is 3.67. The van der Waals surface area contributed by atoms with E-state index < -0.39 is 0 Å². The molecule has 0 unspecified atom stereocenters. The number of nitrogens with zero attached hydrogens (tertiary/aromatic N) is 2. The number of fused-ring (bicyclic) bond motifs is 3. The van der Waals surface area contributed by atoms with Crippen LogP contribution in [0.2, 0.25) is 0 Å². The van der Waals surface area contributed by atoms with Gasteiger partial charge >= 0.3 is 0 Å². The second kappa shape index (κ2) is 7.45. The van der Waals surface area contributed by atoms with Crippen molar-refractivity contribution in [3.05, 3.63) is 58.4 Å². The van der Waals surface area contributed by atoms with E-state index >= 15 is 0 Å². The summed E-state index contributed by atoms with van der Waals surface area (Å²) in [6.45, 7) is 2.10. The normalized spacial score (nSPS) is 20.1. The van der Waals surface area contributed by atoms with Gasteiger partial charge in [-0.05, 0) is 68.2 Å². The van der Waals surface area contributed by atoms with E-state index in [9.17, 15) is 4.79 Å². The molecular formula is C24H28N2O3. The van der Waals surface area contributed by atoms with Crippen molar-refractivity contribution >= 4 is 5.91 Å². The first-order chi connectivity index (χ1) is 14.2. The summed E-state index contributed by atoms with van der Waals surface area (Å²) in [4.78, 5) is 19.7. The van der Waals surface area contributed by atoms with Crippen LogP contribution in [0.25, 0.3) is 0 Å². The smallest absolute Gasteiger partial charge is 0.255 e. The molecule has 1 aromatic carbocycles. The van der Waals surface area contributed by atoms with Crippen LogP contribution in [0.4, 0.5) is 0 Å². The summed E-state index contributed by atoms with van der Waals surface area (Å²) in [7, 11) is 1.72. The molecule has 0 saturated carbocycles. The van der Waals surface area contributed by atoms with Crippen LogP contribution in [0.1, 0.15) is 58.4 Å². The molecule has 1 aromatic heterocycles. The SMILES string of the molecule is COc1cccc2c1C1(CCN(C(=O)c3cnc4c(c3)CCCC4)CC1)OCC2. The third-order valence-corrected chi connectivity index (χ3v) is 6.81. The van der Waals surface area contributed by atoms with Crippen molar-refractivity contribution in [2.45, 2.75) is 50.5 Å². The summed E-state index contributed by atoms with van der Waals surface area (Å²) in [5.74, 6) is 0.998. The number of carbonyl (C=O) groups excluding carboxylic acids is 1. The Kier molecular flexibility index (Phi) is 4.78. The molecule has 5 rings (SSSR count). The Morgan fingerprint density at radius 3 is 2.79 bits per heavy atom. The highest BCUT2D eigenvalue weighted by Crippen LogP contribution is 2.45. The molecule has 2 aliphatic heterocycles. The molecule has 3 aliphatic rings. The fourth-order valence-electron chi connectivity index (χ4n) is 5.25. The van der Waals surface area contributed by atoms with Gasteiger partial charge in [0, 0.05) is 30.5 Å². The highest BCUT2D eigenvalue weighted by molar-refractivity contribution is 5.94. The van der Waals surface area contributed by atoms with Crippen LogP contribution in [-0.4, -0.2) is 42.6 Å². The van der Waals surface area contributed by atoms with Gasteiger partial charge in [-0.1, -0.05) is 12.1 Å². The van der Waals surface area contributed by atoms with E-state index in [4.69, 9.17) is 9.47 Å². The molecule has 0 radical (unpaired) electrons. The van der Waals surface area contributed by atoms with E-state index in [1.54, 1.807) is 13.3 Å². The Hall–Kier alpha value is -2.40. The first kappa shape index (κ1) is 18.6. The Balaban J connectivity index is 1.36. The molecule has 1 fully saturated rings. The summed E-state index contributed by atoms with van der Waals surface area (Å²) < 4.78 is 12.0. The van der Waals surface area contributed by atoms with Gasteiger partial charge in [0.15, 0.2) is 0 Å². The van der Waals surface area contributed by atoms with E-state index in [-0.39, 0.29) is 11.5 Å². The third-order valence-electron chi connectivity index (χ3n) is 6.81. The largest absolute Gasteiger partial charge is 0.496 e. The van der Waals surface area contributed by atoms with E-state index in [0.717, 1.165) is 50.0 Å². The maximum Gasteiger partial charge on any atom is 0.255 e. The predicted molar refractivity (Wildman–Crippen MR) is 110 cm³/mol. The lowest BCUT2D eigenvalue weighted by Gasteiger charge is -2.45. The summed E-state index contributed by atoms with van der Waals surface area (Å²) >= 11 is 0. The number of hydrogen-bond acceptors (Lipinski definition) is 4. The van der Waals surface area contributed by atoms with Crippen molar-refractivity contribution < 1.29 is 14.3 Å². The number of carbonyl (C=O) groups is 1. The second-order valence-corrected chi connectivity index (χ2v) is 8.42. The second-order valence-electron chi connectivity index (χ2n) is 8.42. The van der Waals surface area contributed by atoms with E-state index in [2.05, 4.69) is 23.2 Å².